The van der Waals surface area contributed by atoms with Crippen molar-refractivity contribution in [3.8, 4) is 23.0 Å². The Hall–Kier alpha value is -4.81. The Balaban J connectivity index is 1.57. The smallest absolute Gasteiger partial charge is 0.174 e. The predicted molar refractivity (Wildman–Crippen MR) is 125 cm³/mol. The van der Waals surface area contributed by atoms with Gasteiger partial charge in [0.2, 0.25) is 0 Å². The maximum Gasteiger partial charge on any atom is 0.174 e. The highest BCUT2D eigenvalue weighted by Crippen LogP contribution is 2.32. The molecule has 164 valence electrons. The van der Waals surface area contributed by atoms with Crippen LogP contribution in [0.15, 0.2) is 24.7 Å². The number of nitrogen functional groups attached to an aromatic ring is 3. The molecule has 0 aliphatic heterocycles. The summed E-state index contributed by atoms with van der Waals surface area (Å²) >= 11 is 0. The summed E-state index contributed by atoms with van der Waals surface area (Å²) in [5.74, 6) is 1.75. The number of aryl methyl sites for hydroxylation is 3. The third kappa shape index (κ3) is 2.55. The summed E-state index contributed by atoms with van der Waals surface area (Å²) in [7, 11) is 5.61. The van der Waals surface area contributed by atoms with Crippen molar-refractivity contribution in [3.05, 3.63) is 24.7 Å². The van der Waals surface area contributed by atoms with E-state index in [4.69, 9.17) is 27.2 Å². The van der Waals surface area contributed by atoms with E-state index in [1.54, 1.807) is 18.6 Å². The van der Waals surface area contributed by atoms with Gasteiger partial charge in [-0.15, -0.1) is 5.10 Å². The maximum absolute atomic E-state index is 6.40. The van der Waals surface area contributed by atoms with Crippen molar-refractivity contribution in [3.63, 3.8) is 0 Å². The molecule has 13 nitrogen and oxygen atoms in total. The van der Waals surface area contributed by atoms with Gasteiger partial charge in [0, 0.05) is 21.1 Å². The highest BCUT2D eigenvalue weighted by Gasteiger charge is 2.20. The lowest BCUT2D eigenvalue weighted by molar-refractivity contribution is 0.923. The lowest BCUT2D eigenvalue weighted by Gasteiger charge is -2.06. The highest BCUT2D eigenvalue weighted by atomic mass is 15.2. The van der Waals surface area contributed by atoms with E-state index in [1.165, 1.54) is 0 Å². The van der Waals surface area contributed by atoms with Crippen molar-refractivity contribution in [2.24, 2.45) is 21.1 Å². The van der Waals surface area contributed by atoms with E-state index in [0.29, 0.717) is 56.7 Å². The second kappa shape index (κ2) is 6.35. The Labute approximate surface area is 185 Å². The number of aromatic nitrogens is 10. The van der Waals surface area contributed by atoms with Crippen molar-refractivity contribution < 1.29 is 0 Å². The lowest BCUT2D eigenvalue weighted by Crippen LogP contribution is -2.01. The summed E-state index contributed by atoms with van der Waals surface area (Å²) in [5.41, 5.74) is 24.1. The Morgan fingerprint density at radius 2 is 1.45 bits per heavy atom. The minimum atomic E-state index is 0.250. The zero-order valence-corrected chi connectivity index (χ0v) is 18.0. The van der Waals surface area contributed by atoms with Gasteiger partial charge in [-0.05, 0) is 12.1 Å². The average molecular weight is 441 g/mol. The molecule has 0 amide bonds. The Morgan fingerprint density at radius 1 is 0.727 bits per heavy atom. The van der Waals surface area contributed by atoms with Crippen LogP contribution in [0.25, 0.3) is 56.3 Å². The molecule has 6 N–H and O–H groups in total. The van der Waals surface area contributed by atoms with Gasteiger partial charge < -0.3 is 30.9 Å². The third-order valence-corrected chi connectivity index (χ3v) is 5.78. The zero-order valence-electron chi connectivity index (χ0n) is 18.0. The number of nitrogens with zero attached hydrogens (tertiary/aromatic N) is 10. The Morgan fingerprint density at radius 3 is 2.24 bits per heavy atom. The number of imidazole rings is 3. The maximum atomic E-state index is 6.40. The molecule has 0 saturated heterocycles. The standard InChI is InChI=1S/C20H19N13/c1-31-7-24-14-11(31)5-10(26-16(14)22)19-28-13-8(21)4-9(27-20(13)33(19)3)18-29-15-12(32(18)2)6-25-30-17(15)23/h4-7H,1-3H3,(H2,21,27)(H2,22,26)(H2,23,30). The first kappa shape index (κ1) is 18.9. The summed E-state index contributed by atoms with van der Waals surface area (Å²) in [6.07, 6.45) is 3.30. The van der Waals surface area contributed by atoms with Crippen LogP contribution in [0.5, 0.6) is 0 Å². The van der Waals surface area contributed by atoms with E-state index in [2.05, 4.69) is 25.1 Å². The van der Waals surface area contributed by atoms with Crippen LogP contribution in [0, 0.1) is 0 Å². The molecule has 0 spiro atoms. The number of pyridine rings is 2. The van der Waals surface area contributed by atoms with E-state index in [1.807, 2.05) is 40.9 Å². The normalized spacial score (nSPS) is 11.8. The van der Waals surface area contributed by atoms with Gasteiger partial charge >= 0.3 is 0 Å². The van der Waals surface area contributed by atoms with Crippen molar-refractivity contribution in [1.29, 1.82) is 0 Å². The van der Waals surface area contributed by atoms with Crippen LogP contribution in [0.4, 0.5) is 17.3 Å². The average Bonchev–Trinajstić information content (AvgIpc) is 3.44. The summed E-state index contributed by atoms with van der Waals surface area (Å²) in [5, 5.41) is 7.79. The zero-order chi connectivity index (χ0) is 23.0. The molecule has 0 atom stereocenters. The molecular weight excluding hydrogens is 422 g/mol. The number of rotatable bonds is 2. The quantitative estimate of drug-likeness (QED) is 0.350. The van der Waals surface area contributed by atoms with E-state index < -0.39 is 0 Å². The van der Waals surface area contributed by atoms with Crippen molar-refractivity contribution in [2.75, 3.05) is 17.2 Å². The van der Waals surface area contributed by atoms with Crippen LogP contribution < -0.4 is 17.2 Å². The minimum absolute atomic E-state index is 0.250. The van der Waals surface area contributed by atoms with Crippen LogP contribution in [-0.2, 0) is 21.1 Å². The third-order valence-electron chi connectivity index (χ3n) is 5.78. The second-order valence-electron chi connectivity index (χ2n) is 7.84. The molecule has 0 radical (unpaired) electrons. The largest absolute Gasteiger partial charge is 0.397 e. The fraction of sp³-hybridized carbons (Fsp3) is 0.150. The van der Waals surface area contributed by atoms with E-state index >= 15 is 0 Å². The molecule has 13 heteroatoms. The Kier molecular flexibility index (Phi) is 3.64. The van der Waals surface area contributed by atoms with Gasteiger partial charge in [0.05, 0.1) is 29.2 Å². The molecule has 0 aromatic carbocycles. The molecule has 0 aliphatic rings. The number of fused-ring (bicyclic) bond motifs is 3. The van der Waals surface area contributed by atoms with E-state index in [-0.39, 0.29) is 5.82 Å². The first-order chi connectivity index (χ1) is 15.8. The van der Waals surface area contributed by atoms with E-state index in [9.17, 15) is 0 Å². The van der Waals surface area contributed by atoms with Crippen LogP contribution in [-0.4, -0.2) is 48.8 Å². The molecule has 6 aromatic rings. The van der Waals surface area contributed by atoms with Gasteiger partial charge in [0.1, 0.15) is 27.9 Å². The highest BCUT2D eigenvalue weighted by molar-refractivity contribution is 5.93. The van der Waals surface area contributed by atoms with Crippen molar-refractivity contribution in [1.82, 2.24) is 48.8 Å². The number of nitrogens with two attached hydrogens (primary N) is 3. The predicted octanol–water partition coefficient (Wildman–Crippen LogP) is 1.01. The molecule has 0 unspecified atom stereocenters. The van der Waals surface area contributed by atoms with Crippen LogP contribution >= 0.6 is 0 Å². The molecule has 6 rings (SSSR count). The number of hydrogen-bond acceptors (Lipinski definition) is 10. The fourth-order valence-electron chi connectivity index (χ4n) is 4.05. The molecule has 0 saturated carbocycles. The minimum Gasteiger partial charge on any atom is -0.397 e. The van der Waals surface area contributed by atoms with Gasteiger partial charge in [0.15, 0.2) is 28.9 Å². The topological polar surface area (TPSA) is 183 Å². The van der Waals surface area contributed by atoms with Crippen LogP contribution in [0.3, 0.4) is 0 Å². The molecule has 33 heavy (non-hydrogen) atoms. The molecule has 6 aromatic heterocycles. The van der Waals surface area contributed by atoms with Gasteiger partial charge in [-0.3, -0.25) is 0 Å². The second-order valence-corrected chi connectivity index (χ2v) is 7.84. The van der Waals surface area contributed by atoms with Gasteiger partial charge in [-0.2, -0.15) is 5.10 Å². The molecule has 6 heterocycles. The first-order valence-corrected chi connectivity index (χ1v) is 9.98. The monoisotopic (exact) mass is 441 g/mol. The SMILES string of the molecule is Cn1cnc2c(N)nc(-c3nc4c(N)cc(-c5nc6c(N)nncc6n5C)nc4n3C)cc21. The van der Waals surface area contributed by atoms with E-state index in [0.717, 1.165) is 11.0 Å². The van der Waals surface area contributed by atoms with Crippen molar-refractivity contribution in [2.45, 2.75) is 0 Å². The molecular formula is C20H19N13. The summed E-state index contributed by atoms with van der Waals surface area (Å²) in [4.78, 5) is 23.0. The van der Waals surface area contributed by atoms with Crippen molar-refractivity contribution >= 4 is 50.6 Å². The summed E-state index contributed by atoms with van der Waals surface area (Å²) in [6, 6.07) is 3.63. The lowest BCUT2D eigenvalue weighted by atomic mass is 10.3. The Bertz CT molecular complexity index is 1740. The van der Waals surface area contributed by atoms with Gasteiger partial charge in [-0.1, -0.05) is 0 Å². The number of anilines is 3. The summed E-state index contributed by atoms with van der Waals surface area (Å²) in [6.45, 7) is 0. The van der Waals surface area contributed by atoms with Gasteiger partial charge in [-0.25, -0.2) is 24.9 Å². The molecule has 0 fully saturated rings. The van der Waals surface area contributed by atoms with Gasteiger partial charge in [0.25, 0.3) is 0 Å². The van der Waals surface area contributed by atoms with Crippen LogP contribution in [0.1, 0.15) is 0 Å². The summed E-state index contributed by atoms with van der Waals surface area (Å²) < 4.78 is 5.56. The van der Waals surface area contributed by atoms with Crippen LogP contribution in [0.2, 0.25) is 0 Å². The first-order valence-electron chi connectivity index (χ1n) is 9.98. The molecule has 0 bridgehead atoms. The fourth-order valence-corrected chi connectivity index (χ4v) is 4.05. The molecule has 0 aliphatic carbocycles. The number of hydrogen-bond donors (Lipinski definition) is 3.